The van der Waals surface area contributed by atoms with Gasteiger partial charge in [0, 0.05) is 19.2 Å². The molecule has 0 bridgehead atoms. The Morgan fingerprint density at radius 3 is 2.63 bits per heavy atom. The fourth-order valence-corrected chi connectivity index (χ4v) is 1.29. The molecule has 0 radical (unpaired) electrons. The Morgan fingerprint density at radius 2 is 2.05 bits per heavy atom. The van der Waals surface area contributed by atoms with E-state index in [4.69, 9.17) is 10.5 Å². The summed E-state index contributed by atoms with van der Waals surface area (Å²) in [4.78, 5) is 3.76. The summed E-state index contributed by atoms with van der Waals surface area (Å²) in [6.45, 7) is -3.15. The van der Waals surface area contributed by atoms with Gasteiger partial charge in [0.05, 0.1) is 5.69 Å². The number of ether oxygens (including phenoxy) is 2. The Bertz CT molecular complexity index is 588. The predicted molar refractivity (Wildman–Crippen MR) is 58.5 cm³/mol. The first-order valence-corrected chi connectivity index (χ1v) is 5.03. The minimum absolute atomic E-state index is 0.0520. The molecule has 0 aliphatic heterocycles. The quantitative estimate of drug-likeness (QED) is 0.862. The molecule has 0 fully saturated rings. The zero-order valence-electron chi connectivity index (χ0n) is 9.68. The summed E-state index contributed by atoms with van der Waals surface area (Å²) in [6, 6.07) is 1.67. The molecule has 2 N–H and O–H groups in total. The molecule has 0 aliphatic rings. The topological polar surface area (TPSA) is 75.2 Å². The number of aryl methyl sites for hydroxylation is 1. The number of anilines is 1. The highest BCUT2D eigenvalue weighted by Crippen LogP contribution is 2.33. The minimum atomic E-state index is -3.15. The zero-order chi connectivity index (χ0) is 14.0. The fraction of sp³-hybridized carbons (Fsp3) is 0.200. The van der Waals surface area contributed by atoms with Crippen LogP contribution in [-0.4, -0.2) is 21.4 Å². The van der Waals surface area contributed by atoms with Crippen molar-refractivity contribution in [3.8, 4) is 17.5 Å². The molecule has 1 heterocycles. The lowest BCUT2D eigenvalue weighted by atomic mass is 10.2. The number of alkyl halides is 2. The number of rotatable bonds is 4. The average Bonchev–Trinajstić information content (AvgIpc) is 2.70. The molecule has 9 heteroatoms. The van der Waals surface area contributed by atoms with E-state index in [1.54, 1.807) is 7.05 Å². The maximum atomic E-state index is 13.3. The Labute approximate surface area is 105 Å². The first kappa shape index (κ1) is 13.0. The minimum Gasteiger partial charge on any atom is -0.432 e. The van der Waals surface area contributed by atoms with Crippen LogP contribution in [-0.2, 0) is 7.05 Å². The van der Waals surface area contributed by atoms with E-state index >= 15 is 0 Å². The molecule has 0 aliphatic carbocycles. The predicted octanol–water partition coefficient (Wildman–Crippen LogP) is 1.93. The number of benzene rings is 1. The van der Waals surface area contributed by atoms with Gasteiger partial charge in [-0.2, -0.15) is 13.8 Å². The SMILES string of the molecule is Cn1cnc(Oc2cc(OC(F)F)c(F)cc2N)n1. The zero-order valence-corrected chi connectivity index (χ0v) is 9.68. The van der Waals surface area contributed by atoms with Gasteiger partial charge in [-0.05, 0) is 0 Å². The van der Waals surface area contributed by atoms with Crippen LogP contribution in [0.5, 0.6) is 17.5 Å². The van der Waals surface area contributed by atoms with E-state index in [0.717, 1.165) is 12.1 Å². The van der Waals surface area contributed by atoms with E-state index < -0.39 is 18.2 Å². The molecule has 102 valence electrons. The molecule has 19 heavy (non-hydrogen) atoms. The van der Waals surface area contributed by atoms with E-state index in [1.165, 1.54) is 11.0 Å². The van der Waals surface area contributed by atoms with Gasteiger partial charge >= 0.3 is 12.6 Å². The van der Waals surface area contributed by atoms with Crippen LogP contribution in [0.4, 0.5) is 18.9 Å². The van der Waals surface area contributed by atoms with Crippen molar-refractivity contribution in [2.24, 2.45) is 7.05 Å². The standard InChI is InChI=1S/C10H9F3N4O2/c1-17-4-15-10(16-17)19-8-3-7(18-9(12)13)5(11)2-6(8)14/h2-4,9H,14H2,1H3. The van der Waals surface area contributed by atoms with Crippen LogP contribution in [0, 0.1) is 5.82 Å². The molecule has 0 atom stereocenters. The Kier molecular flexibility index (Phi) is 3.45. The second-order valence-corrected chi connectivity index (χ2v) is 3.50. The van der Waals surface area contributed by atoms with Crippen LogP contribution >= 0.6 is 0 Å². The average molecular weight is 274 g/mol. The van der Waals surface area contributed by atoms with Crippen molar-refractivity contribution in [2.75, 3.05) is 5.73 Å². The number of nitrogens with zero attached hydrogens (tertiary/aromatic N) is 3. The highest BCUT2D eigenvalue weighted by molar-refractivity contribution is 5.57. The lowest BCUT2D eigenvalue weighted by molar-refractivity contribution is -0.0522. The number of hydrogen-bond acceptors (Lipinski definition) is 5. The molecule has 2 rings (SSSR count). The monoisotopic (exact) mass is 274 g/mol. The van der Waals surface area contributed by atoms with Crippen LogP contribution in [0.1, 0.15) is 0 Å². The van der Waals surface area contributed by atoms with Crippen molar-refractivity contribution >= 4 is 5.69 Å². The Balaban J connectivity index is 2.29. The van der Waals surface area contributed by atoms with Gasteiger partial charge in [0.1, 0.15) is 6.33 Å². The summed E-state index contributed by atoms with van der Waals surface area (Å²) in [6.07, 6.45) is 1.37. The van der Waals surface area contributed by atoms with Crippen molar-refractivity contribution in [3.05, 3.63) is 24.3 Å². The smallest absolute Gasteiger partial charge is 0.387 e. The normalized spacial score (nSPS) is 10.8. The van der Waals surface area contributed by atoms with Gasteiger partial charge < -0.3 is 15.2 Å². The first-order chi connectivity index (χ1) is 8.95. The summed E-state index contributed by atoms with van der Waals surface area (Å²) in [7, 11) is 1.61. The molecule has 0 amide bonds. The van der Waals surface area contributed by atoms with Gasteiger partial charge in [-0.25, -0.2) is 4.39 Å². The van der Waals surface area contributed by atoms with Gasteiger partial charge in [-0.1, -0.05) is 0 Å². The summed E-state index contributed by atoms with van der Waals surface area (Å²) >= 11 is 0. The second kappa shape index (κ2) is 5.04. The van der Waals surface area contributed by atoms with E-state index in [0.29, 0.717) is 0 Å². The third-order valence-corrected chi connectivity index (χ3v) is 2.06. The number of nitrogen functional groups attached to an aromatic ring is 1. The molecule has 0 unspecified atom stereocenters. The van der Waals surface area contributed by atoms with Crippen molar-refractivity contribution in [1.29, 1.82) is 0 Å². The van der Waals surface area contributed by atoms with E-state index in [-0.39, 0.29) is 17.4 Å². The third kappa shape index (κ3) is 3.06. The van der Waals surface area contributed by atoms with E-state index in [2.05, 4.69) is 14.8 Å². The lowest BCUT2D eigenvalue weighted by Gasteiger charge is -2.10. The Hall–Kier alpha value is -2.45. The Morgan fingerprint density at radius 1 is 1.32 bits per heavy atom. The van der Waals surface area contributed by atoms with Crippen molar-refractivity contribution in [2.45, 2.75) is 6.61 Å². The number of aromatic nitrogens is 3. The molecule has 1 aromatic carbocycles. The van der Waals surface area contributed by atoms with Crippen molar-refractivity contribution < 1.29 is 22.6 Å². The molecule has 1 aromatic heterocycles. The van der Waals surface area contributed by atoms with E-state index in [1.807, 2.05) is 0 Å². The maximum Gasteiger partial charge on any atom is 0.387 e. The van der Waals surface area contributed by atoms with Gasteiger partial charge in [-0.3, -0.25) is 4.68 Å². The molecule has 2 aromatic rings. The van der Waals surface area contributed by atoms with Gasteiger partial charge in [0.25, 0.3) is 0 Å². The van der Waals surface area contributed by atoms with Crippen LogP contribution < -0.4 is 15.2 Å². The largest absolute Gasteiger partial charge is 0.432 e. The van der Waals surface area contributed by atoms with Gasteiger partial charge in [0.15, 0.2) is 17.3 Å². The molecular formula is C10H9F3N4O2. The van der Waals surface area contributed by atoms with Crippen LogP contribution in [0.15, 0.2) is 18.5 Å². The number of hydrogen-bond donors (Lipinski definition) is 1. The van der Waals surface area contributed by atoms with Crippen LogP contribution in [0.3, 0.4) is 0 Å². The second-order valence-electron chi connectivity index (χ2n) is 3.50. The summed E-state index contributed by atoms with van der Waals surface area (Å²) in [5.74, 6) is -1.77. The fourth-order valence-electron chi connectivity index (χ4n) is 1.29. The number of nitrogens with two attached hydrogens (primary N) is 1. The molecule has 0 saturated heterocycles. The van der Waals surface area contributed by atoms with E-state index in [9.17, 15) is 13.2 Å². The maximum absolute atomic E-state index is 13.3. The lowest BCUT2D eigenvalue weighted by Crippen LogP contribution is -2.05. The summed E-state index contributed by atoms with van der Waals surface area (Å²) in [5, 5.41) is 3.81. The first-order valence-electron chi connectivity index (χ1n) is 5.03. The highest BCUT2D eigenvalue weighted by atomic mass is 19.3. The van der Waals surface area contributed by atoms with Crippen LogP contribution in [0.25, 0.3) is 0 Å². The number of halogens is 3. The summed E-state index contributed by atoms with van der Waals surface area (Å²) in [5.41, 5.74) is 5.41. The highest BCUT2D eigenvalue weighted by Gasteiger charge is 2.15. The van der Waals surface area contributed by atoms with Crippen molar-refractivity contribution in [1.82, 2.24) is 14.8 Å². The summed E-state index contributed by atoms with van der Waals surface area (Å²) < 4.78 is 48.0. The third-order valence-electron chi connectivity index (χ3n) is 2.06. The van der Waals surface area contributed by atoms with Gasteiger partial charge in [-0.15, -0.1) is 5.10 Å². The molecular weight excluding hydrogens is 265 g/mol. The molecule has 0 saturated carbocycles. The van der Waals surface area contributed by atoms with Crippen molar-refractivity contribution in [3.63, 3.8) is 0 Å². The van der Waals surface area contributed by atoms with Gasteiger partial charge in [0.2, 0.25) is 0 Å². The van der Waals surface area contributed by atoms with Crippen LogP contribution in [0.2, 0.25) is 0 Å². The molecule has 0 spiro atoms. The molecule has 6 nitrogen and oxygen atoms in total.